The highest BCUT2D eigenvalue weighted by atomic mass is 16.5. The van der Waals surface area contributed by atoms with Crippen LogP contribution in [0.3, 0.4) is 0 Å². The van der Waals surface area contributed by atoms with Crippen LogP contribution in [-0.2, 0) is 19.1 Å². The van der Waals surface area contributed by atoms with E-state index < -0.39 is 0 Å². The van der Waals surface area contributed by atoms with E-state index in [4.69, 9.17) is 4.74 Å². The molecule has 0 aromatic heterocycles. The van der Waals surface area contributed by atoms with Gasteiger partial charge in [0.2, 0.25) is 0 Å². The van der Waals surface area contributed by atoms with Crippen LogP contribution in [0.2, 0.25) is 0 Å². The molecule has 15 heavy (non-hydrogen) atoms. The topological polar surface area (TPSA) is 55.8 Å². The number of carbonyl (C=O) groups is 2. The summed E-state index contributed by atoms with van der Waals surface area (Å²) in [5.74, 6) is -0.684. The maximum absolute atomic E-state index is 11.3. The quantitative estimate of drug-likeness (QED) is 0.620. The third-order valence-corrected chi connectivity index (χ3v) is 2.61. The number of ether oxygens (including phenoxy) is 2. The van der Waals surface area contributed by atoms with Crippen molar-refractivity contribution in [3.05, 3.63) is 0 Å². The minimum Gasteiger partial charge on any atom is -0.469 e. The Kier molecular flexibility index (Phi) is 4.08. The molecule has 1 saturated heterocycles. The van der Waals surface area contributed by atoms with Crippen molar-refractivity contribution in [2.75, 3.05) is 27.3 Å². The van der Waals surface area contributed by atoms with E-state index in [9.17, 15) is 9.59 Å². The van der Waals surface area contributed by atoms with Crippen molar-refractivity contribution < 1.29 is 19.1 Å². The van der Waals surface area contributed by atoms with Crippen LogP contribution >= 0.6 is 0 Å². The first-order valence-corrected chi connectivity index (χ1v) is 5.01. The molecule has 1 heterocycles. The maximum atomic E-state index is 11.3. The molecule has 0 saturated carbocycles. The predicted octanol–water partition coefficient (Wildman–Crippen LogP) is 0.0428. The van der Waals surface area contributed by atoms with Gasteiger partial charge >= 0.3 is 11.9 Å². The predicted molar refractivity (Wildman–Crippen MR) is 53.2 cm³/mol. The van der Waals surface area contributed by atoms with E-state index >= 15 is 0 Å². The summed E-state index contributed by atoms with van der Waals surface area (Å²) in [6, 6.07) is -0.211. The van der Waals surface area contributed by atoms with Gasteiger partial charge in [-0.25, -0.2) is 0 Å². The van der Waals surface area contributed by atoms with Gasteiger partial charge in [-0.3, -0.25) is 14.5 Å². The summed E-state index contributed by atoms with van der Waals surface area (Å²) in [6.45, 7) is 2.76. The Balaban J connectivity index is 2.44. The van der Waals surface area contributed by atoms with Gasteiger partial charge in [0.25, 0.3) is 0 Å². The number of hydrogen-bond donors (Lipinski definition) is 0. The summed E-state index contributed by atoms with van der Waals surface area (Å²) in [4.78, 5) is 24.3. The fraction of sp³-hybridized carbons (Fsp3) is 0.800. The van der Waals surface area contributed by atoms with Crippen LogP contribution in [0.1, 0.15) is 13.3 Å². The highest BCUT2D eigenvalue weighted by Gasteiger charge is 2.31. The van der Waals surface area contributed by atoms with Gasteiger partial charge in [0.1, 0.15) is 6.04 Å². The smallest absolute Gasteiger partial charge is 0.323 e. The first kappa shape index (κ1) is 12.0. The number of cyclic esters (lactones) is 1. The van der Waals surface area contributed by atoms with Crippen molar-refractivity contribution in [3.63, 3.8) is 0 Å². The molecule has 0 radical (unpaired) electrons. The monoisotopic (exact) mass is 215 g/mol. The van der Waals surface area contributed by atoms with E-state index in [1.165, 1.54) is 7.11 Å². The molecule has 1 aliphatic rings. The van der Waals surface area contributed by atoms with Gasteiger partial charge in [0.15, 0.2) is 0 Å². The van der Waals surface area contributed by atoms with E-state index in [1.54, 1.807) is 6.92 Å². The van der Waals surface area contributed by atoms with Gasteiger partial charge < -0.3 is 9.47 Å². The highest BCUT2D eigenvalue weighted by molar-refractivity contribution is 5.77. The molecule has 0 aliphatic carbocycles. The van der Waals surface area contributed by atoms with E-state index in [2.05, 4.69) is 4.74 Å². The molecular formula is C10H17NO4. The summed E-state index contributed by atoms with van der Waals surface area (Å²) in [5, 5.41) is 0. The van der Waals surface area contributed by atoms with E-state index in [0.717, 1.165) is 0 Å². The molecule has 5 heteroatoms. The SMILES string of the molecule is COC(=O)C(C)CN(C)C1CCOC1=O. The Hall–Kier alpha value is -1.10. The Bertz CT molecular complexity index is 254. The fourth-order valence-electron chi connectivity index (χ4n) is 1.72. The fourth-order valence-corrected chi connectivity index (χ4v) is 1.72. The van der Waals surface area contributed by atoms with E-state index in [1.807, 2.05) is 11.9 Å². The molecule has 5 nitrogen and oxygen atoms in total. The van der Waals surface area contributed by atoms with Crippen molar-refractivity contribution in [2.45, 2.75) is 19.4 Å². The number of carbonyl (C=O) groups excluding carboxylic acids is 2. The zero-order chi connectivity index (χ0) is 11.4. The lowest BCUT2D eigenvalue weighted by atomic mass is 10.1. The van der Waals surface area contributed by atoms with Crippen LogP contribution in [0.15, 0.2) is 0 Å². The number of nitrogens with zero attached hydrogens (tertiary/aromatic N) is 1. The Morgan fingerprint density at radius 3 is 2.87 bits per heavy atom. The highest BCUT2D eigenvalue weighted by Crippen LogP contribution is 2.14. The van der Waals surface area contributed by atoms with Crippen LogP contribution in [0.25, 0.3) is 0 Å². The normalized spacial score (nSPS) is 22.7. The number of rotatable bonds is 4. The average Bonchev–Trinajstić information content (AvgIpc) is 2.63. The lowest BCUT2D eigenvalue weighted by molar-refractivity contribution is -0.147. The average molecular weight is 215 g/mol. The molecule has 1 fully saturated rings. The molecule has 2 atom stereocenters. The van der Waals surface area contributed by atoms with Crippen molar-refractivity contribution in [1.82, 2.24) is 4.90 Å². The van der Waals surface area contributed by atoms with Crippen LogP contribution in [0.4, 0.5) is 0 Å². The minimum atomic E-state index is -0.256. The summed E-state index contributed by atoms with van der Waals surface area (Å²) in [7, 11) is 3.18. The molecular weight excluding hydrogens is 198 g/mol. The van der Waals surface area contributed by atoms with Gasteiger partial charge in [-0.15, -0.1) is 0 Å². The lowest BCUT2D eigenvalue weighted by Gasteiger charge is -2.23. The van der Waals surface area contributed by atoms with Gasteiger partial charge in [0.05, 0.1) is 19.6 Å². The number of likely N-dealkylation sites (N-methyl/N-ethyl adjacent to an activating group) is 1. The molecule has 0 N–H and O–H groups in total. The van der Waals surface area contributed by atoms with Crippen LogP contribution < -0.4 is 0 Å². The largest absolute Gasteiger partial charge is 0.469 e. The first-order valence-electron chi connectivity index (χ1n) is 5.01. The summed E-state index contributed by atoms with van der Waals surface area (Å²) < 4.78 is 9.48. The Morgan fingerprint density at radius 1 is 1.73 bits per heavy atom. The van der Waals surface area contributed by atoms with Crippen LogP contribution in [-0.4, -0.2) is 50.2 Å². The third kappa shape index (κ3) is 2.92. The molecule has 0 bridgehead atoms. The maximum Gasteiger partial charge on any atom is 0.323 e. The molecule has 1 rings (SSSR count). The first-order chi connectivity index (χ1) is 7.06. The zero-order valence-corrected chi connectivity index (χ0v) is 9.36. The van der Waals surface area contributed by atoms with Crippen molar-refractivity contribution in [3.8, 4) is 0 Å². The summed E-state index contributed by atoms with van der Waals surface area (Å²) >= 11 is 0. The molecule has 0 aromatic rings. The molecule has 2 unspecified atom stereocenters. The molecule has 0 aromatic carbocycles. The van der Waals surface area contributed by atoms with E-state index in [-0.39, 0.29) is 23.9 Å². The Morgan fingerprint density at radius 2 is 2.40 bits per heavy atom. The van der Waals surface area contributed by atoms with Crippen LogP contribution in [0, 0.1) is 5.92 Å². The van der Waals surface area contributed by atoms with Gasteiger partial charge in [0, 0.05) is 13.0 Å². The van der Waals surface area contributed by atoms with Gasteiger partial charge in [-0.2, -0.15) is 0 Å². The second-order valence-corrected chi connectivity index (χ2v) is 3.84. The van der Waals surface area contributed by atoms with E-state index in [0.29, 0.717) is 19.6 Å². The second kappa shape index (κ2) is 5.11. The van der Waals surface area contributed by atoms with Gasteiger partial charge in [-0.05, 0) is 7.05 Å². The molecule has 0 amide bonds. The van der Waals surface area contributed by atoms with Crippen molar-refractivity contribution in [1.29, 1.82) is 0 Å². The van der Waals surface area contributed by atoms with Crippen LogP contribution in [0.5, 0.6) is 0 Å². The molecule has 86 valence electrons. The van der Waals surface area contributed by atoms with Crippen molar-refractivity contribution >= 4 is 11.9 Å². The van der Waals surface area contributed by atoms with Gasteiger partial charge in [-0.1, -0.05) is 6.92 Å². The number of esters is 2. The summed E-state index contributed by atoms with van der Waals surface area (Å²) in [5.41, 5.74) is 0. The Labute approximate surface area is 89.3 Å². The standard InChI is InChI=1S/C10H17NO4/c1-7(9(12)14-3)6-11(2)8-4-5-15-10(8)13/h7-8H,4-6H2,1-3H3. The second-order valence-electron chi connectivity index (χ2n) is 3.84. The van der Waals surface area contributed by atoms with Crippen molar-refractivity contribution in [2.24, 2.45) is 5.92 Å². The number of hydrogen-bond acceptors (Lipinski definition) is 5. The summed E-state index contributed by atoms with van der Waals surface area (Å²) in [6.07, 6.45) is 0.698. The third-order valence-electron chi connectivity index (χ3n) is 2.61. The number of methoxy groups -OCH3 is 1. The zero-order valence-electron chi connectivity index (χ0n) is 9.36. The lowest BCUT2D eigenvalue weighted by Crippen LogP contribution is -2.39. The molecule has 1 aliphatic heterocycles. The molecule has 0 spiro atoms. The minimum absolute atomic E-state index is 0.199.